The van der Waals surface area contributed by atoms with Crippen LogP contribution in [0.5, 0.6) is 0 Å². The Morgan fingerprint density at radius 1 is 1.36 bits per heavy atom. The molecule has 0 amide bonds. The highest BCUT2D eigenvalue weighted by molar-refractivity contribution is 6.30. The smallest absolute Gasteiger partial charge is 0.0411 e. The molecule has 1 nitrogen and oxygen atoms in total. The monoisotopic (exact) mass is 211 g/mol. The van der Waals surface area contributed by atoms with Crippen molar-refractivity contribution in [2.75, 3.05) is 6.54 Å². The molecule has 0 saturated carbocycles. The molecule has 0 aliphatic carbocycles. The van der Waals surface area contributed by atoms with Gasteiger partial charge in [0.15, 0.2) is 0 Å². The third kappa shape index (κ3) is 2.49. The molecule has 0 aliphatic heterocycles. The van der Waals surface area contributed by atoms with Crippen molar-refractivity contribution in [2.45, 2.75) is 33.1 Å². The summed E-state index contributed by atoms with van der Waals surface area (Å²) in [6.07, 6.45) is 1.01. The minimum atomic E-state index is 0.498. The Morgan fingerprint density at radius 2 is 2.00 bits per heavy atom. The maximum Gasteiger partial charge on any atom is 0.0411 e. The first-order valence-corrected chi connectivity index (χ1v) is 5.40. The van der Waals surface area contributed by atoms with Crippen molar-refractivity contribution in [1.82, 2.24) is 0 Å². The van der Waals surface area contributed by atoms with Crippen LogP contribution in [0.2, 0.25) is 5.02 Å². The van der Waals surface area contributed by atoms with Crippen molar-refractivity contribution in [3.63, 3.8) is 0 Å². The Hall–Kier alpha value is -0.530. The number of aryl methyl sites for hydroxylation is 1. The minimum Gasteiger partial charge on any atom is -0.330 e. The number of halogens is 1. The van der Waals surface area contributed by atoms with Gasteiger partial charge in [0.05, 0.1) is 0 Å². The third-order valence-corrected chi connectivity index (χ3v) is 3.02. The van der Waals surface area contributed by atoms with E-state index in [0.717, 1.165) is 18.0 Å². The van der Waals surface area contributed by atoms with E-state index in [1.165, 1.54) is 16.7 Å². The summed E-state index contributed by atoms with van der Waals surface area (Å²) in [4.78, 5) is 0. The maximum absolute atomic E-state index is 6.04. The summed E-state index contributed by atoms with van der Waals surface area (Å²) in [6, 6.07) is 4.07. The van der Waals surface area contributed by atoms with Crippen molar-refractivity contribution in [3.8, 4) is 0 Å². The van der Waals surface area contributed by atoms with E-state index >= 15 is 0 Å². The van der Waals surface area contributed by atoms with Gasteiger partial charge in [-0.15, -0.1) is 0 Å². The molecule has 2 N–H and O–H groups in total. The van der Waals surface area contributed by atoms with Crippen LogP contribution < -0.4 is 5.73 Å². The van der Waals surface area contributed by atoms with Crippen LogP contribution in [0.4, 0.5) is 0 Å². The first-order valence-electron chi connectivity index (χ1n) is 5.03. The van der Waals surface area contributed by atoms with Gasteiger partial charge in [-0.1, -0.05) is 18.5 Å². The van der Waals surface area contributed by atoms with E-state index in [-0.39, 0.29) is 0 Å². The highest BCUT2D eigenvalue weighted by Gasteiger charge is 2.10. The lowest BCUT2D eigenvalue weighted by Crippen LogP contribution is -2.06. The summed E-state index contributed by atoms with van der Waals surface area (Å²) < 4.78 is 0. The van der Waals surface area contributed by atoms with Gasteiger partial charge in [-0.05, 0) is 61.6 Å². The van der Waals surface area contributed by atoms with Crippen LogP contribution in [0.25, 0.3) is 0 Å². The molecular weight excluding hydrogens is 194 g/mol. The first-order chi connectivity index (χ1) is 6.56. The SMILES string of the molecule is Cc1cc(Cl)cc(C(C)CCN)c1C. The highest BCUT2D eigenvalue weighted by atomic mass is 35.5. The zero-order valence-electron chi connectivity index (χ0n) is 9.10. The topological polar surface area (TPSA) is 26.0 Å². The van der Waals surface area contributed by atoms with Gasteiger partial charge in [0.2, 0.25) is 0 Å². The number of rotatable bonds is 3. The van der Waals surface area contributed by atoms with Crippen molar-refractivity contribution in [2.24, 2.45) is 5.73 Å². The molecule has 0 aromatic heterocycles. The molecule has 14 heavy (non-hydrogen) atoms. The van der Waals surface area contributed by atoms with Crippen LogP contribution >= 0.6 is 11.6 Å². The maximum atomic E-state index is 6.04. The van der Waals surface area contributed by atoms with Crippen molar-refractivity contribution >= 4 is 11.6 Å². The lowest BCUT2D eigenvalue weighted by atomic mass is 9.91. The quantitative estimate of drug-likeness (QED) is 0.815. The van der Waals surface area contributed by atoms with E-state index in [9.17, 15) is 0 Å². The molecule has 0 bridgehead atoms. The Kier molecular flexibility index (Phi) is 3.97. The molecule has 1 rings (SSSR count). The van der Waals surface area contributed by atoms with Crippen LogP contribution in [-0.2, 0) is 0 Å². The summed E-state index contributed by atoms with van der Waals surface area (Å²) in [6.45, 7) is 7.17. The molecule has 1 aromatic carbocycles. The molecule has 1 aromatic rings. The van der Waals surface area contributed by atoms with E-state index in [1.54, 1.807) is 0 Å². The van der Waals surface area contributed by atoms with Crippen molar-refractivity contribution < 1.29 is 0 Å². The second kappa shape index (κ2) is 4.81. The third-order valence-electron chi connectivity index (χ3n) is 2.80. The van der Waals surface area contributed by atoms with Gasteiger partial charge in [-0.3, -0.25) is 0 Å². The van der Waals surface area contributed by atoms with E-state index < -0.39 is 0 Å². The Bertz CT molecular complexity index is 320. The summed E-state index contributed by atoms with van der Waals surface area (Å²) in [5, 5.41) is 0.826. The average Bonchev–Trinajstić information content (AvgIpc) is 2.11. The molecule has 0 aliphatic rings. The van der Waals surface area contributed by atoms with Gasteiger partial charge in [0.25, 0.3) is 0 Å². The second-order valence-electron chi connectivity index (χ2n) is 3.92. The molecule has 1 unspecified atom stereocenters. The summed E-state index contributed by atoms with van der Waals surface area (Å²) >= 11 is 6.04. The summed E-state index contributed by atoms with van der Waals surface area (Å²) in [5.41, 5.74) is 9.50. The molecule has 0 radical (unpaired) electrons. The van der Waals surface area contributed by atoms with Gasteiger partial charge in [-0.2, -0.15) is 0 Å². The fourth-order valence-electron chi connectivity index (χ4n) is 1.76. The van der Waals surface area contributed by atoms with Crippen LogP contribution in [0.15, 0.2) is 12.1 Å². The Labute approximate surface area is 91.3 Å². The molecule has 78 valence electrons. The van der Waals surface area contributed by atoms with E-state index in [4.69, 9.17) is 17.3 Å². The van der Waals surface area contributed by atoms with Crippen molar-refractivity contribution in [1.29, 1.82) is 0 Å². The van der Waals surface area contributed by atoms with Crippen LogP contribution in [0.1, 0.15) is 36.0 Å². The van der Waals surface area contributed by atoms with Crippen LogP contribution in [0, 0.1) is 13.8 Å². The zero-order valence-corrected chi connectivity index (χ0v) is 9.86. The standard InChI is InChI=1S/C12H18ClN/c1-8(4-5-14)12-7-11(13)6-9(2)10(12)3/h6-8H,4-5,14H2,1-3H3. The van der Waals surface area contributed by atoms with Gasteiger partial charge in [0, 0.05) is 5.02 Å². The predicted molar refractivity (Wildman–Crippen MR) is 63.0 cm³/mol. The van der Waals surface area contributed by atoms with E-state index in [1.807, 2.05) is 6.07 Å². The molecule has 0 saturated heterocycles. The van der Waals surface area contributed by atoms with Gasteiger partial charge >= 0.3 is 0 Å². The van der Waals surface area contributed by atoms with Crippen molar-refractivity contribution in [3.05, 3.63) is 33.8 Å². The molecule has 2 heteroatoms. The minimum absolute atomic E-state index is 0.498. The number of benzene rings is 1. The number of hydrogen-bond donors (Lipinski definition) is 1. The summed E-state index contributed by atoms with van der Waals surface area (Å²) in [5.74, 6) is 0.498. The van der Waals surface area contributed by atoms with Crippen LogP contribution in [0.3, 0.4) is 0 Å². The number of hydrogen-bond acceptors (Lipinski definition) is 1. The second-order valence-corrected chi connectivity index (χ2v) is 4.35. The first kappa shape index (κ1) is 11.5. The molecule has 0 spiro atoms. The van der Waals surface area contributed by atoms with Gasteiger partial charge < -0.3 is 5.73 Å². The molecule has 1 atom stereocenters. The lowest BCUT2D eigenvalue weighted by Gasteiger charge is -2.16. The van der Waals surface area contributed by atoms with Gasteiger partial charge in [-0.25, -0.2) is 0 Å². The Morgan fingerprint density at radius 3 is 2.57 bits per heavy atom. The largest absolute Gasteiger partial charge is 0.330 e. The van der Waals surface area contributed by atoms with E-state index in [2.05, 4.69) is 26.8 Å². The van der Waals surface area contributed by atoms with Gasteiger partial charge in [0.1, 0.15) is 0 Å². The Balaban J connectivity index is 3.07. The fourth-order valence-corrected chi connectivity index (χ4v) is 2.04. The summed E-state index contributed by atoms with van der Waals surface area (Å²) in [7, 11) is 0. The fraction of sp³-hybridized carbons (Fsp3) is 0.500. The van der Waals surface area contributed by atoms with Crippen LogP contribution in [-0.4, -0.2) is 6.54 Å². The molecular formula is C12H18ClN. The zero-order chi connectivity index (χ0) is 10.7. The molecule has 0 heterocycles. The highest BCUT2D eigenvalue weighted by Crippen LogP contribution is 2.27. The normalized spacial score (nSPS) is 12.9. The predicted octanol–water partition coefficient (Wildman–Crippen LogP) is 3.41. The number of nitrogens with two attached hydrogens (primary N) is 1. The molecule has 0 fully saturated rings. The lowest BCUT2D eigenvalue weighted by molar-refractivity contribution is 0.685. The average molecular weight is 212 g/mol. The van der Waals surface area contributed by atoms with E-state index in [0.29, 0.717) is 5.92 Å².